The maximum absolute atomic E-state index is 13.8. The standard InChI is InChI=1S/C27H37Cl2N3O4S/c1-7-19(5)30-27(34)25(8-2)31(16-21-9-12-22(28)15-24(21)29)26(33)17-32(37(6,35)36)23-13-10-20(11-14-23)18(3)4/h9-15,18-19,25H,7-8,16-17H2,1-6H3,(H,30,34)/t19-,25+/m0/s1. The largest absolute Gasteiger partial charge is 0.352 e. The number of sulfonamides is 1. The highest BCUT2D eigenvalue weighted by Gasteiger charge is 2.32. The molecule has 2 atom stereocenters. The van der Waals surface area contributed by atoms with E-state index in [4.69, 9.17) is 23.2 Å². The van der Waals surface area contributed by atoms with Crippen molar-refractivity contribution in [1.82, 2.24) is 10.2 Å². The average Bonchev–Trinajstić information content (AvgIpc) is 2.82. The van der Waals surface area contributed by atoms with Crippen LogP contribution in [0.3, 0.4) is 0 Å². The Bertz CT molecular complexity index is 1190. The molecule has 0 heterocycles. The van der Waals surface area contributed by atoms with Crippen LogP contribution in [-0.2, 0) is 26.2 Å². The molecule has 2 aromatic carbocycles. The van der Waals surface area contributed by atoms with Crippen molar-refractivity contribution in [2.45, 2.75) is 72.0 Å². The summed E-state index contributed by atoms with van der Waals surface area (Å²) in [7, 11) is -3.80. The van der Waals surface area contributed by atoms with Gasteiger partial charge in [-0.3, -0.25) is 13.9 Å². The normalized spacial score (nSPS) is 13.2. The molecular formula is C27H37Cl2N3O4S. The fraction of sp³-hybridized carbons (Fsp3) is 0.481. The van der Waals surface area contributed by atoms with Crippen molar-refractivity contribution in [3.8, 4) is 0 Å². The van der Waals surface area contributed by atoms with Gasteiger partial charge in [-0.2, -0.15) is 0 Å². The van der Waals surface area contributed by atoms with Gasteiger partial charge in [0.2, 0.25) is 21.8 Å². The number of carbonyl (C=O) groups excluding carboxylic acids is 2. The van der Waals surface area contributed by atoms with Gasteiger partial charge in [0.25, 0.3) is 0 Å². The average molecular weight is 571 g/mol. The second-order valence-corrected chi connectivity index (χ2v) is 12.3. The molecule has 0 aliphatic heterocycles. The third-order valence-electron chi connectivity index (χ3n) is 6.27. The first kappa shape index (κ1) is 30.9. The zero-order chi connectivity index (χ0) is 27.9. The summed E-state index contributed by atoms with van der Waals surface area (Å²) in [4.78, 5) is 28.3. The van der Waals surface area contributed by atoms with Crippen LogP contribution in [0.15, 0.2) is 42.5 Å². The van der Waals surface area contributed by atoms with Crippen molar-refractivity contribution < 1.29 is 18.0 Å². The van der Waals surface area contributed by atoms with Gasteiger partial charge in [0.15, 0.2) is 0 Å². The van der Waals surface area contributed by atoms with Crippen molar-refractivity contribution in [2.75, 3.05) is 17.1 Å². The Morgan fingerprint density at radius 1 is 0.973 bits per heavy atom. The van der Waals surface area contributed by atoms with Crippen molar-refractivity contribution in [3.63, 3.8) is 0 Å². The van der Waals surface area contributed by atoms with Gasteiger partial charge in [-0.15, -0.1) is 0 Å². The summed E-state index contributed by atoms with van der Waals surface area (Å²) in [6.07, 6.45) is 2.12. The van der Waals surface area contributed by atoms with Gasteiger partial charge in [-0.1, -0.05) is 69.1 Å². The fourth-order valence-corrected chi connectivity index (χ4v) is 5.15. The maximum Gasteiger partial charge on any atom is 0.244 e. The lowest BCUT2D eigenvalue weighted by molar-refractivity contribution is -0.140. The summed E-state index contributed by atoms with van der Waals surface area (Å²) in [5, 5.41) is 3.74. The quantitative estimate of drug-likeness (QED) is 0.360. The van der Waals surface area contributed by atoms with E-state index in [9.17, 15) is 18.0 Å². The predicted octanol–water partition coefficient (Wildman–Crippen LogP) is 5.60. The van der Waals surface area contributed by atoms with Gasteiger partial charge in [0, 0.05) is 22.6 Å². The van der Waals surface area contributed by atoms with Gasteiger partial charge in [-0.25, -0.2) is 8.42 Å². The van der Waals surface area contributed by atoms with E-state index in [0.29, 0.717) is 27.7 Å². The topological polar surface area (TPSA) is 86.8 Å². The van der Waals surface area contributed by atoms with Crippen LogP contribution in [0, 0.1) is 0 Å². The number of benzene rings is 2. The van der Waals surface area contributed by atoms with E-state index in [-0.39, 0.29) is 24.4 Å². The number of hydrogen-bond acceptors (Lipinski definition) is 4. The molecule has 0 bridgehead atoms. The van der Waals surface area contributed by atoms with Crippen molar-refractivity contribution in [3.05, 3.63) is 63.6 Å². The van der Waals surface area contributed by atoms with E-state index in [1.54, 1.807) is 30.3 Å². The molecule has 2 amide bonds. The number of anilines is 1. The third kappa shape index (κ3) is 8.62. The van der Waals surface area contributed by atoms with Gasteiger partial charge in [-0.05, 0) is 61.1 Å². The molecule has 7 nitrogen and oxygen atoms in total. The van der Waals surface area contributed by atoms with Gasteiger partial charge >= 0.3 is 0 Å². The number of rotatable bonds is 12. The molecule has 204 valence electrons. The van der Waals surface area contributed by atoms with Crippen LogP contribution in [-0.4, -0.2) is 50.0 Å². The summed E-state index contributed by atoms with van der Waals surface area (Å²) in [6, 6.07) is 11.1. The van der Waals surface area contributed by atoms with Crippen LogP contribution in [0.4, 0.5) is 5.69 Å². The van der Waals surface area contributed by atoms with Crippen LogP contribution in [0.2, 0.25) is 10.0 Å². The Morgan fingerprint density at radius 3 is 2.08 bits per heavy atom. The number of amides is 2. The number of nitrogens with zero attached hydrogens (tertiary/aromatic N) is 2. The Morgan fingerprint density at radius 2 is 1.59 bits per heavy atom. The lowest BCUT2D eigenvalue weighted by Crippen LogP contribution is -2.53. The second kappa shape index (κ2) is 13.5. The van der Waals surface area contributed by atoms with Crippen molar-refractivity contribution in [1.29, 1.82) is 0 Å². The highest BCUT2D eigenvalue weighted by molar-refractivity contribution is 7.92. The van der Waals surface area contributed by atoms with Crippen molar-refractivity contribution in [2.24, 2.45) is 0 Å². The first-order valence-corrected chi connectivity index (χ1v) is 15.0. The zero-order valence-electron chi connectivity index (χ0n) is 22.3. The summed E-state index contributed by atoms with van der Waals surface area (Å²) < 4.78 is 26.6. The molecule has 0 saturated heterocycles. The van der Waals surface area contributed by atoms with Crippen LogP contribution < -0.4 is 9.62 Å². The van der Waals surface area contributed by atoms with E-state index in [1.807, 2.05) is 46.8 Å². The molecule has 0 spiro atoms. The molecule has 0 fully saturated rings. The Balaban J connectivity index is 2.47. The first-order valence-electron chi connectivity index (χ1n) is 12.4. The summed E-state index contributed by atoms with van der Waals surface area (Å²) in [5.41, 5.74) is 2.03. The lowest BCUT2D eigenvalue weighted by atomic mass is 10.0. The summed E-state index contributed by atoms with van der Waals surface area (Å²) >= 11 is 12.4. The number of nitrogens with one attached hydrogen (secondary N) is 1. The van der Waals surface area contributed by atoms with Gasteiger partial charge < -0.3 is 10.2 Å². The van der Waals surface area contributed by atoms with E-state index < -0.39 is 28.5 Å². The minimum atomic E-state index is -3.80. The Labute approximate surface area is 231 Å². The van der Waals surface area contributed by atoms with Crippen LogP contribution in [0.25, 0.3) is 0 Å². The van der Waals surface area contributed by atoms with E-state index in [1.165, 1.54) is 4.90 Å². The molecule has 2 rings (SSSR count). The minimum Gasteiger partial charge on any atom is -0.352 e. The number of halogens is 2. The van der Waals surface area contributed by atoms with Crippen LogP contribution >= 0.6 is 23.2 Å². The molecule has 0 saturated carbocycles. The lowest BCUT2D eigenvalue weighted by Gasteiger charge is -2.33. The minimum absolute atomic E-state index is 0.0190. The predicted molar refractivity (Wildman–Crippen MR) is 152 cm³/mol. The number of carbonyl (C=O) groups is 2. The molecule has 0 aromatic heterocycles. The summed E-state index contributed by atoms with van der Waals surface area (Å²) in [5.74, 6) is -0.547. The Hall–Kier alpha value is -2.29. The zero-order valence-corrected chi connectivity index (χ0v) is 24.6. The first-order chi connectivity index (χ1) is 17.3. The highest BCUT2D eigenvalue weighted by atomic mass is 35.5. The monoisotopic (exact) mass is 569 g/mol. The molecule has 1 N–H and O–H groups in total. The second-order valence-electron chi connectivity index (χ2n) is 9.52. The molecule has 10 heteroatoms. The SMILES string of the molecule is CC[C@H](C(=O)N[C@@H](C)CC)N(Cc1ccc(Cl)cc1Cl)C(=O)CN(c1ccc(C(C)C)cc1)S(C)(=O)=O. The van der Waals surface area contributed by atoms with E-state index in [2.05, 4.69) is 5.32 Å². The summed E-state index contributed by atoms with van der Waals surface area (Å²) in [6.45, 7) is 9.30. The highest BCUT2D eigenvalue weighted by Crippen LogP contribution is 2.26. The maximum atomic E-state index is 13.8. The smallest absolute Gasteiger partial charge is 0.244 e. The van der Waals surface area contributed by atoms with Crippen LogP contribution in [0.1, 0.15) is 64.5 Å². The van der Waals surface area contributed by atoms with E-state index in [0.717, 1.165) is 22.5 Å². The molecule has 0 aliphatic rings. The molecule has 0 radical (unpaired) electrons. The fourth-order valence-electron chi connectivity index (χ4n) is 3.83. The molecule has 0 aliphatic carbocycles. The van der Waals surface area contributed by atoms with E-state index >= 15 is 0 Å². The third-order valence-corrected chi connectivity index (χ3v) is 8.00. The molecule has 2 aromatic rings. The van der Waals surface area contributed by atoms with Gasteiger partial charge in [0.1, 0.15) is 12.6 Å². The van der Waals surface area contributed by atoms with Gasteiger partial charge in [0.05, 0.1) is 11.9 Å². The molecular weight excluding hydrogens is 533 g/mol. The number of hydrogen-bond donors (Lipinski definition) is 1. The van der Waals surface area contributed by atoms with Crippen LogP contribution in [0.5, 0.6) is 0 Å². The Kier molecular flexibility index (Phi) is 11.3. The molecule has 0 unspecified atom stereocenters. The van der Waals surface area contributed by atoms with Crippen molar-refractivity contribution >= 4 is 50.7 Å². The molecule has 37 heavy (non-hydrogen) atoms.